The van der Waals surface area contributed by atoms with Crippen molar-refractivity contribution in [3.8, 4) is 5.75 Å². The molecule has 1 fully saturated rings. The van der Waals surface area contributed by atoms with Gasteiger partial charge in [0, 0.05) is 12.0 Å². The highest BCUT2D eigenvalue weighted by atomic mass is 16.5. The van der Waals surface area contributed by atoms with E-state index < -0.39 is 0 Å². The summed E-state index contributed by atoms with van der Waals surface area (Å²) in [6.45, 7) is 5.11. The van der Waals surface area contributed by atoms with Gasteiger partial charge < -0.3 is 10.5 Å². The van der Waals surface area contributed by atoms with Crippen molar-refractivity contribution in [2.75, 3.05) is 6.54 Å². The number of carbonyl (C=O) groups is 1. The molecule has 0 bridgehead atoms. The Kier molecular flexibility index (Phi) is 5.80. The molecule has 1 aliphatic rings. The molecular weight excluding hydrogens is 262 g/mol. The van der Waals surface area contributed by atoms with E-state index in [1.807, 2.05) is 24.3 Å². The Labute approximate surface area is 127 Å². The molecule has 1 unspecified atom stereocenters. The average Bonchev–Trinajstić information content (AvgIpc) is 3.27. The van der Waals surface area contributed by atoms with Crippen molar-refractivity contribution >= 4 is 5.78 Å². The molecule has 2 N–H and O–H groups in total. The number of Topliss-reactive ketones (excluding diaryl/α,β-unsaturated/α-hetero) is 1. The van der Waals surface area contributed by atoms with Crippen LogP contribution in [0.25, 0.3) is 0 Å². The van der Waals surface area contributed by atoms with E-state index in [9.17, 15) is 4.79 Å². The van der Waals surface area contributed by atoms with Gasteiger partial charge in [0.15, 0.2) is 5.78 Å². The zero-order valence-electron chi connectivity index (χ0n) is 13.2. The molecule has 1 aliphatic carbocycles. The molecule has 0 spiro atoms. The van der Waals surface area contributed by atoms with Crippen LogP contribution in [-0.4, -0.2) is 18.4 Å². The van der Waals surface area contributed by atoms with Gasteiger partial charge in [0.2, 0.25) is 0 Å². The zero-order chi connectivity index (χ0) is 15.2. The standard InChI is InChI=1S/C18H27NO2/c1-13(2)14(11-12-19)5-10-18(20)15-3-6-16(7-4-15)21-17-8-9-17/h3-4,6-7,13-14,17H,5,8-12,19H2,1-2H3. The van der Waals surface area contributed by atoms with Crippen molar-refractivity contribution in [2.45, 2.75) is 52.1 Å². The highest BCUT2D eigenvalue weighted by molar-refractivity contribution is 5.96. The molecule has 1 aromatic rings. The van der Waals surface area contributed by atoms with Crippen molar-refractivity contribution in [2.24, 2.45) is 17.6 Å². The van der Waals surface area contributed by atoms with Crippen LogP contribution in [0.1, 0.15) is 56.3 Å². The van der Waals surface area contributed by atoms with E-state index in [0.29, 0.717) is 30.9 Å². The van der Waals surface area contributed by atoms with E-state index >= 15 is 0 Å². The first-order valence-corrected chi connectivity index (χ1v) is 8.10. The van der Waals surface area contributed by atoms with Gasteiger partial charge >= 0.3 is 0 Å². The second-order valence-corrected chi connectivity index (χ2v) is 6.38. The SMILES string of the molecule is CC(C)C(CCN)CCC(=O)c1ccc(OC2CC2)cc1. The van der Waals surface area contributed by atoms with Crippen LogP contribution in [0.3, 0.4) is 0 Å². The lowest BCUT2D eigenvalue weighted by molar-refractivity contribution is 0.0969. The first-order valence-electron chi connectivity index (χ1n) is 8.10. The van der Waals surface area contributed by atoms with Crippen LogP contribution in [0.15, 0.2) is 24.3 Å². The summed E-state index contributed by atoms with van der Waals surface area (Å²) in [4.78, 5) is 12.2. The normalized spacial score (nSPS) is 16.0. The van der Waals surface area contributed by atoms with Gasteiger partial charge in [-0.1, -0.05) is 13.8 Å². The fourth-order valence-electron chi connectivity index (χ4n) is 2.58. The van der Waals surface area contributed by atoms with Crippen molar-refractivity contribution in [3.63, 3.8) is 0 Å². The molecule has 0 amide bonds. The predicted molar refractivity (Wildman–Crippen MR) is 85.7 cm³/mol. The number of ketones is 1. The van der Waals surface area contributed by atoms with Crippen LogP contribution in [0.2, 0.25) is 0 Å². The van der Waals surface area contributed by atoms with E-state index in [4.69, 9.17) is 10.5 Å². The molecule has 0 saturated heterocycles. The van der Waals surface area contributed by atoms with Crippen LogP contribution in [0.4, 0.5) is 0 Å². The minimum atomic E-state index is 0.218. The van der Waals surface area contributed by atoms with E-state index in [2.05, 4.69) is 13.8 Å². The highest BCUT2D eigenvalue weighted by Gasteiger charge is 2.23. The van der Waals surface area contributed by atoms with Crippen LogP contribution in [-0.2, 0) is 0 Å². The molecule has 21 heavy (non-hydrogen) atoms. The number of carbonyl (C=O) groups excluding carboxylic acids is 1. The van der Waals surface area contributed by atoms with Crippen LogP contribution in [0.5, 0.6) is 5.75 Å². The molecule has 0 heterocycles. The van der Waals surface area contributed by atoms with Crippen LogP contribution < -0.4 is 10.5 Å². The fourth-order valence-corrected chi connectivity index (χ4v) is 2.58. The minimum absolute atomic E-state index is 0.218. The molecule has 1 aromatic carbocycles. The maximum atomic E-state index is 12.2. The quantitative estimate of drug-likeness (QED) is 0.703. The second-order valence-electron chi connectivity index (χ2n) is 6.38. The lowest BCUT2D eigenvalue weighted by atomic mass is 9.87. The third-order valence-corrected chi connectivity index (χ3v) is 4.23. The summed E-state index contributed by atoms with van der Waals surface area (Å²) in [6.07, 6.45) is 5.23. The molecule has 0 aromatic heterocycles. The van der Waals surface area contributed by atoms with Gasteiger partial charge in [0.1, 0.15) is 5.75 Å². The lowest BCUT2D eigenvalue weighted by Crippen LogP contribution is -2.15. The molecule has 116 valence electrons. The Balaban J connectivity index is 1.84. The van der Waals surface area contributed by atoms with Crippen molar-refractivity contribution in [3.05, 3.63) is 29.8 Å². The van der Waals surface area contributed by atoms with Gasteiger partial charge in [0.05, 0.1) is 6.10 Å². The summed E-state index contributed by atoms with van der Waals surface area (Å²) >= 11 is 0. The third kappa shape index (κ3) is 5.16. The largest absolute Gasteiger partial charge is 0.490 e. The molecule has 0 radical (unpaired) electrons. The summed E-state index contributed by atoms with van der Waals surface area (Å²) in [5.41, 5.74) is 6.43. The Morgan fingerprint density at radius 1 is 1.24 bits per heavy atom. The number of ether oxygens (including phenoxy) is 1. The number of benzene rings is 1. The smallest absolute Gasteiger partial charge is 0.162 e. The molecule has 1 atom stereocenters. The second kappa shape index (κ2) is 7.60. The molecule has 2 rings (SSSR count). The lowest BCUT2D eigenvalue weighted by Gasteiger charge is -2.19. The zero-order valence-corrected chi connectivity index (χ0v) is 13.2. The minimum Gasteiger partial charge on any atom is -0.490 e. The first-order chi connectivity index (χ1) is 10.1. The summed E-state index contributed by atoms with van der Waals surface area (Å²) < 4.78 is 5.70. The fraction of sp³-hybridized carbons (Fsp3) is 0.611. The summed E-state index contributed by atoms with van der Waals surface area (Å²) in [5, 5.41) is 0. The van der Waals surface area contributed by atoms with Gasteiger partial charge in [-0.05, 0) is 68.3 Å². The molecule has 3 heteroatoms. The van der Waals surface area contributed by atoms with Crippen molar-refractivity contribution in [1.82, 2.24) is 0 Å². The summed E-state index contributed by atoms with van der Waals surface area (Å²) in [5.74, 6) is 2.21. The van der Waals surface area contributed by atoms with Gasteiger partial charge in [0.25, 0.3) is 0 Å². The van der Waals surface area contributed by atoms with E-state index in [1.165, 1.54) is 0 Å². The molecular formula is C18H27NO2. The van der Waals surface area contributed by atoms with E-state index in [1.54, 1.807) is 0 Å². The third-order valence-electron chi connectivity index (χ3n) is 4.23. The Hall–Kier alpha value is -1.35. The van der Waals surface area contributed by atoms with Gasteiger partial charge in [-0.15, -0.1) is 0 Å². The number of hydrogen-bond acceptors (Lipinski definition) is 3. The predicted octanol–water partition coefficient (Wildman–Crippen LogP) is 3.81. The highest BCUT2D eigenvalue weighted by Crippen LogP contribution is 2.27. The van der Waals surface area contributed by atoms with Gasteiger partial charge in [-0.25, -0.2) is 0 Å². The summed E-state index contributed by atoms with van der Waals surface area (Å²) in [6, 6.07) is 7.58. The van der Waals surface area contributed by atoms with Crippen molar-refractivity contribution < 1.29 is 9.53 Å². The van der Waals surface area contributed by atoms with Crippen LogP contribution >= 0.6 is 0 Å². The molecule has 3 nitrogen and oxygen atoms in total. The number of rotatable bonds is 9. The average molecular weight is 289 g/mol. The Morgan fingerprint density at radius 3 is 2.43 bits per heavy atom. The number of hydrogen-bond donors (Lipinski definition) is 1. The van der Waals surface area contributed by atoms with E-state index in [-0.39, 0.29) is 5.78 Å². The first kappa shape index (κ1) is 16.0. The van der Waals surface area contributed by atoms with Crippen LogP contribution in [0, 0.1) is 11.8 Å². The monoisotopic (exact) mass is 289 g/mol. The van der Waals surface area contributed by atoms with Gasteiger partial charge in [-0.2, -0.15) is 0 Å². The Bertz CT molecular complexity index is 449. The maximum Gasteiger partial charge on any atom is 0.162 e. The van der Waals surface area contributed by atoms with Crippen molar-refractivity contribution in [1.29, 1.82) is 0 Å². The summed E-state index contributed by atoms with van der Waals surface area (Å²) in [7, 11) is 0. The van der Waals surface area contributed by atoms with E-state index in [0.717, 1.165) is 37.0 Å². The number of nitrogens with two attached hydrogens (primary N) is 1. The molecule has 0 aliphatic heterocycles. The topological polar surface area (TPSA) is 52.3 Å². The maximum absolute atomic E-state index is 12.2. The molecule has 1 saturated carbocycles. The Morgan fingerprint density at radius 2 is 1.90 bits per heavy atom. The van der Waals surface area contributed by atoms with Gasteiger partial charge in [-0.3, -0.25) is 4.79 Å².